The van der Waals surface area contributed by atoms with E-state index in [-0.39, 0.29) is 11.7 Å². The first-order valence-corrected chi connectivity index (χ1v) is 7.45. The van der Waals surface area contributed by atoms with E-state index in [1.54, 1.807) is 24.5 Å². The van der Waals surface area contributed by atoms with Gasteiger partial charge in [-0.15, -0.1) is 0 Å². The molecule has 2 N–H and O–H groups in total. The number of carbonyl (C=O) groups excluding carboxylic acids is 1. The summed E-state index contributed by atoms with van der Waals surface area (Å²) >= 11 is 0. The van der Waals surface area contributed by atoms with Gasteiger partial charge in [0.2, 0.25) is 11.9 Å². The highest BCUT2D eigenvalue weighted by molar-refractivity contribution is 5.99. The van der Waals surface area contributed by atoms with Crippen LogP contribution in [-0.4, -0.2) is 15.9 Å². The molecule has 1 aliphatic heterocycles. The Labute approximate surface area is 137 Å². The van der Waals surface area contributed by atoms with E-state index in [1.807, 2.05) is 18.2 Å². The predicted molar refractivity (Wildman–Crippen MR) is 89.5 cm³/mol. The second-order valence-corrected chi connectivity index (χ2v) is 5.53. The van der Waals surface area contributed by atoms with Crippen molar-refractivity contribution in [3.63, 3.8) is 0 Å². The van der Waals surface area contributed by atoms with Crippen molar-refractivity contribution in [1.82, 2.24) is 9.97 Å². The van der Waals surface area contributed by atoms with Crippen molar-refractivity contribution in [2.45, 2.75) is 6.42 Å². The monoisotopic (exact) mass is 320 g/mol. The number of hydrogen-bond acceptors (Lipinski definition) is 4. The summed E-state index contributed by atoms with van der Waals surface area (Å²) in [6.45, 7) is 0. The van der Waals surface area contributed by atoms with Crippen molar-refractivity contribution in [3.8, 4) is 11.1 Å². The van der Waals surface area contributed by atoms with E-state index in [2.05, 4.69) is 20.6 Å². The molecule has 0 saturated heterocycles. The fraction of sp³-hybridized carbons (Fsp3) is 0.0556. The van der Waals surface area contributed by atoms with Crippen LogP contribution in [0.15, 0.2) is 54.9 Å². The zero-order valence-electron chi connectivity index (χ0n) is 12.6. The fourth-order valence-corrected chi connectivity index (χ4v) is 2.63. The summed E-state index contributed by atoms with van der Waals surface area (Å²) in [5.41, 5.74) is 4.17. The molecule has 0 saturated carbocycles. The summed E-state index contributed by atoms with van der Waals surface area (Å²) in [5, 5.41) is 5.78. The molecule has 0 unspecified atom stereocenters. The van der Waals surface area contributed by atoms with Gasteiger partial charge in [0.15, 0.2) is 0 Å². The zero-order chi connectivity index (χ0) is 16.5. The third kappa shape index (κ3) is 2.81. The Morgan fingerprint density at radius 3 is 2.67 bits per heavy atom. The summed E-state index contributed by atoms with van der Waals surface area (Å²) in [5.74, 6) is 0.0728. The van der Waals surface area contributed by atoms with Gasteiger partial charge in [-0.05, 0) is 35.4 Å². The Balaban J connectivity index is 1.56. The molecule has 3 aromatic rings. The number of carbonyl (C=O) groups is 1. The van der Waals surface area contributed by atoms with Crippen LogP contribution in [-0.2, 0) is 11.2 Å². The SMILES string of the molecule is O=C1Cc2ccc(-c3cnc(Nc4cccc(F)c4)nc3)cc2N1. The number of nitrogens with zero attached hydrogens (tertiary/aromatic N) is 2. The summed E-state index contributed by atoms with van der Waals surface area (Å²) in [7, 11) is 0. The van der Waals surface area contributed by atoms with Gasteiger partial charge in [-0.1, -0.05) is 18.2 Å². The van der Waals surface area contributed by atoms with Crippen molar-refractivity contribution in [3.05, 3.63) is 66.2 Å². The Bertz CT molecular complexity index is 925. The van der Waals surface area contributed by atoms with E-state index >= 15 is 0 Å². The molecule has 4 rings (SSSR count). The van der Waals surface area contributed by atoms with Gasteiger partial charge in [0, 0.05) is 29.3 Å². The molecular formula is C18H13FN4O. The third-order valence-corrected chi connectivity index (χ3v) is 3.80. The maximum atomic E-state index is 13.2. The van der Waals surface area contributed by atoms with Crippen molar-refractivity contribution >= 4 is 23.2 Å². The predicted octanol–water partition coefficient (Wildman–Crippen LogP) is 3.52. The maximum absolute atomic E-state index is 13.2. The van der Waals surface area contributed by atoms with Crippen LogP contribution >= 0.6 is 0 Å². The zero-order valence-corrected chi connectivity index (χ0v) is 12.6. The number of halogens is 1. The van der Waals surface area contributed by atoms with Crippen molar-refractivity contribution < 1.29 is 9.18 Å². The second-order valence-electron chi connectivity index (χ2n) is 5.53. The quantitative estimate of drug-likeness (QED) is 0.775. The van der Waals surface area contributed by atoms with Crippen LogP contribution in [0, 0.1) is 5.82 Å². The molecule has 0 fully saturated rings. The van der Waals surface area contributed by atoms with Gasteiger partial charge in [0.1, 0.15) is 5.82 Å². The minimum absolute atomic E-state index is 0.00745. The van der Waals surface area contributed by atoms with E-state index < -0.39 is 0 Å². The van der Waals surface area contributed by atoms with Crippen molar-refractivity contribution in [1.29, 1.82) is 0 Å². The molecule has 0 atom stereocenters. The average molecular weight is 320 g/mol. The van der Waals surface area contributed by atoms with Gasteiger partial charge >= 0.3 is 0 Å². The lowest BCUT2D eigenvalue weighted by Crippen LogP contribution is -2.03. The molecule has 0 aliphatic carbocycles. The normalized spacial score (nSPS) is 12.6. The Morgan fingerprint density at radius 2 is 1.88 bits per heavy atom. The smallest absolute Gasteiger partial charge is 0.228 e. The highest BCUT2D eigenvalue weighted by atomic mass is 19.1. The molecule has 5 nitrogen and oxygen atoms in total. The first-order chi connectivity index (χ1) is 11.7. The van der Waals surface area contributed by atoms with Gasteiger partial charge in [-0.2, -0.15) is 0 Å². The van der Waals surface area contributed by atoms with Crippen LogP contribution in [0.25, 0.3) is 11.1 Å². The van der Waals surface area contributed by atoms with Gasteiger partial charge < -0.3 is 10.6 Å². The molecule has 0 bridgehead atoms. The summed E-state index contributed by atoms with van der Waals surface area (Å²) < 4.78 is 13.2. The van der Waals surface area contributed by atoms with E-state index in [0.29, 0.717) is 18.1 Å². The highest BCUT2D eigenvalue weighted by Gasteiger charge is 2.17. The number of nitrogens with one attached hydrogen (secondary N) is 2. The van der Waals surface area contributed by atoms with E-state index in [0.717, 1.165) is 22.4 Å². The first kappa shape index (κ1) is 14.3. The molecule has 6 heteroatoms. The van der Waals surface area contributed by atoms with Crippen LogP contribution in [0.3, 0.4) is 0 Å². The third-order valence-electron chi connectivity index (χ3n) is 3.80. The summed E-state index contributed by atoms with van der Waals surface area (Å²) in [6.07, 6.45) is 3.79. The highest BCUT2D eigenvalue weighted by Crippen LogP contribution is 2.29. The van der Waals surface area contributed by atoms with Crippen LogP contribution < -0.4 is 10.6 Å². The number of amides is 1. The number of hydrogen-bond donors (Lipinski definition) is 2. The molecule has 1 aliphatic rings. The van der Waals surface area contributed by atoms with Gasteiger partial charge in [-0.3, -0.25) is 4.79 Å². The van der Waals surface area contributed by atoms with E-state index in [9.17, 15) is 9.18 Å². The van der Waals surface area contributed by atoms with Crippen LogP contribution in [0.4, 0.5) is 21.7 Å². The molecule has 2 heterocycles. The minimum atomic E-state index is -0.322. The van der Waals surface area contributed by atoms with E-state index in [1.165, 1.54) is 12.1 Å². The molecular weight excluding hydrogens is 307 g/mol. The number of rotatable bonds is 3. The average Bonchev–Trinajstić information content (AvgIpc) is 2.95. The molecule has 1 aromatic heterocycles. The van der Waals surface area contributed by atoms with Crippen molar-refractivity contribution in [2.24, 2.45) is 0 Å². The lowest BCUT2D eigenvalue weighted by atomic mass is 10.1. The number of fused-ring (bicyclic) bond motifs is 1. The maximum Gasteiger partial charge on any atom is 0.228 e. The topological polar surface area (TPSA) is 66.9 Å². The van der Waals surface area contributed by atoms with E-state index in [4.69, 9.17) is 0 Å². The van der Waals surface area contributed by atoms with Crippen LogP contribution in [0.2, 0.25) is 0 Å². The largest absolute Gasteiger partial charge is 0.326 e. The molecule has 0 spiro atoms. The number of aromatic nitrogens is 2. The van der Waals surface area contributed by atoms with Crippen LogP contribution in [0.1, 0.15) is 5.56 Å². The molecule has 0 radical (unpaired) electrons. The molecule has 1 amide bonds. The number of anilines is 3. The van der Waals surface area contributed by atoms with Gasteiger partial charge in [0.25, 0.3) is 0 Å². The van der Waals surface area contributed by atoms with Crippen LogP contribution in [0.5, 0.6) is 0 Å². The molecule has 118 valence electrons. The molecule has 2 aromatic carbocycles. The Kier molecular flexibility index (Phi) is 3.42. The first-order valence-electron chi connectivity index (χ1n) is 7.45. The van der Waals surface area contributed by atoms with Gasteiger partial charge in [0.05, 0.1) is 6.42 Å². The Hall–Kier alpha value is -3.28. The summed E-state index contributed by atoms with van der Waals surface area (Å²) in [6, 6.07) is 11.9. The van der Waals surface area contributed by atoms with Crippen molar-refractivity contribution in [2.75, 3.05) is 10.6 Å². The lowest BCUT2D eigenvalue weighted by molar-refractivity contribution is -0.115. The Morgan fingerprint density at radius 1 is 1.04 bits per heavy atom. The second kappa shape index (κ2) is 5.73. The standard InChI is InChI=1S/C18H13FN4O/c19-14-2-1-3-15(8-14)22-18-20-9-13(10-21-18)11-4-5-12-7-17(24)23-16(12)6-11/h1-6,8-10H,7H2,(H,23,24)(H,20,21,22). The molecule has 24 heavy (non-hydrogen) atoms. The fourth-order valence-electron chi connectivity index (χ4n) is 2.63. The number of benzene rings is 2. The lowest BCUT2D eigenvalue weighted by Gasteiger charge is -2.07. The van der Waals surface area contributed by atoms with Gasteiger partial charge in [-0.25, -0.2) is 14.4 Å². The minimum Gasteiger partial charge on any atom is -0.326 e. The summed E-state index contributed by atoms with van der Waals surface area (Å²) in [4.78, 5) is 19.9.